The van der Waals surface area contributed by atoms with E-state index in [1.165, 1.54) is 12.8 Å². The van der Waals surface area contributed by atoms with Crippen molar-refractivity contribution < 1.29 is 0 Å². The normalized spacial score (nSPS) is 18.2. The SMILES string of the molecule is C.Cc1ccc(-c2cc(N3CCN(c4ncccc4Cl)C[C@H]3C)nc(N3CCCC3)n2)cc1Cl. The van der Waals surface area contributed by atoms with Crippen LogP contribution in [-0.2, 0) is 0 Å². The predicted molar refractivity (Wildman–Crippen MR) is 144 cm³/mol. The third kappa shape index (κ3) is 4.93. The molecule has 34 heavy (non-hydrogen) atoms. The smallest absolute Gasteiger partial charge is 0.227 e. The molecule has 0 amide bonds. The molecule has 0 unspecified atom stereocenters. The highest BCUT2D eigenvalue weighted by molar-refractivity contribution is 6.33. The summed E-state index contributed by atoms with van der Waals surface area (Å²) in [6.45, 7) is 8.73. The fraction of sp³-hybridized carbons (Fsp3) is 0.423. The van der Waals surface area contributed by atoms with Crippen molar-refractivity contribution in [2.45, 2.75) is 40.2 Å². The molecule has 2 aliphatic rings. The summed E-state index contributed by atoms with van der Waals surface area (Å²) in [5.41, 5.74) is 2.99. The van der Waals surface area contributed by atoms with Crippen LogP contribution in [0.15, 0.2) is 42.6 Å². The summed E-state index contributed by atoms with van der Waals surface area (Å²) in [6.07, 6.45) is 4.16. The predicted octanol–water partition coefficient (Wildman–Crippen LogP) is 6.11. The van der Waals surface area contributed by atoms with Crippen molar-refractivity contribution in [3.8, 4) is 11.3 Å². The molecule has 6 nitrogen and oxygen atoms in total. The van der Waals surface area contributed by atoms with E-state index in [2.05, 4.69) is 38.7 Å². The van der Waals surface area contributed by atoms with Gasteiger partial charge in [-0.05, 0) is 50.5 Å². The summed E-state index contributed by atoms with van der Waals surface area (Å²) in [6, 6.07) is 12.2. The largest absolute Gasteiger partial charge is 0.352 e. The molecule has 0 N–H and O–H groups in total. The highest BCUT2D eigenvalue weighted by atomic mass is 35.5. The Labute approximate surface area is 212 Å². The number of anilines is 3. The fourth-order valence-electron chi connectivity index (χ4n) is 4.63. The van der Waals surface area contributed by atoms with E-state index >= 15 is 0 Å². The van der Waals surface area contributed by atoms with Crippen LogP contribution in [0.5, 0.6) is 0 Å². The Balaban J connectivity index is 0.00000274. The van der Waals surface area contributed by atoms with Crippen molar-refractivity contribution in [3.05, 3.63) is 58.2 Å². The van der Waals surface area contributed by atoms with Gasteiger partial charge in [0, 0.05) is 61.6 Å². The Morgan fingerprint density at radius 3 is 2.41 bits per heavy atom. The molecule has 3 aromatic rings. The van der Waals surface area contributed by atoms with Gasteiger partial charge in [-0.15, -0.1) is 0 Å². The van der Waals surface area contributed by atoms with Gasteiger partial charge < -0.3 is 14.7 Å². The van der Waals surface area contributed by atoms with Crippen LogP contribution in [0.4, 0.5) is 17.6 Å². The number of pyridine rings is 1. The van der Waals surface area contributed by atoms with E-state index in [-0.39, 0.29) is 13.5 Å². The maximum Gasteiger partial charge on any atom is 0.227 e. The van der Waals surface area contributed by atoms with Gasteiger partial charge in [0.15, 0.2) is 0 Å². The molecule has 0 saturated carbocycles. The van der Waals surface area contributed by atoms with Crippen molar-refractivity contribution in [3.63, 3.8) is 0 Å². The number of piperazine rings is 1. The van der Waals surface area contributed by atoms with Crippen LogP contribution in [0.2, 0.25) is 10.0 Å². The van der Waals surface area contributed by atoms with Crippen LogP contribution in [0, 0.1) is 6.92 Å². The monoisotopic (exact) mass is 498 g/mol. The summed E-state index contributed by atoms with van der Waals surface area (Å²) in [4.78, 5) is 21.4. The number of hydrogen-bond acceptors (Lipinski definition) is 6. The van der Waals surface area contributed by atoms with Gasteiger partial charge in [0.2, 0.25) is 5.95 Å². The average Bonchev–Trinajstić information content (AvgIpc) is 3.36. The molecule has 5 rings (SSSR count). The molecule has 0 spiro atoms. The number of rotatable bonds is 4. The van der Waals surface area contributed by atoms with Crippen LogP contribution in [-0.4, -0.2) is 53.7 Å². The standard InChI is InChI=1S/C25H28Cl2N6.CH4/c1-17-7-8-19(14-21(17)27)22-15-23(30-25(29-22)31-10-3-4-11-31)33-13-12-32(16-18(33)2)24-20(26)6-5-9-28-24;/h5-9,14-15,18H,3-4,10-13,16H2,1-2H3;1H4/t18-;/m1./s1. The number of aryl methyl sites for hydroxylation is 1. The second-order valence-electron chi connectivity index (χ2n) is 8.87. The molecule has 1 aromatic carbocycles. The van der Waals surface area contributed by atoms with Crippen LogP contribution in [0.25, 0.3) is 11.3 Å². The van der Waals surface area contributed by atoms with Crippen molar-refractivity contribution >= 4 is 40.8 Å². The zero-order valence-corrected chi connectivity index (χ0v) is 20.5. The molecule has 1 atom stereocenters. The maximum atomic E-state index is 6.44. The van der Waals surface area contributed by atoms with Crippen LogP contribution < -0.4 is 14.7 Å². The van der Waals surface area contributed by atoms with Gasteiger partial charge in [0.25, 0.3) is 0 Å². The van der Waals surface area contributed by atoms with E-state index in [0.717, 1.165) is 72.2 Å². The Morgan fingerprint density at radius 1 is 0.912 bits per heavy atom. The van der Waals surface area contributed by atoms with Gasteiger partial charge in [-0.25, -0.2) is 9.97 Å². The lowest BCUT2D eigenvalue weighted by molar-refractivity contribution is 0.542. The second kappa shape index (κ2) is 10.4. The highest BCUT2D eigenvalue weighted by Crippen LogP contribution is 2.32. The Bertz CT molecular complexity index is 1150. The van der Waals surface area contributed by atoms with E-state index in [1.54, 1.807) is 6.20 Å². The van der Waals surface area contributed by atoms with Gasteiger partial charge in [-0.2, -0.15) is 4.98 Å². The lowest BCUT2D eigenvalue weighted by Crippen LogP contribution is -2.52. The first-order valence-electron chi connectivity index (χ1n) is 11.5. The number of aromatic nitrogens is 3. The average molecular weight is 499 g/mol. The number of hydrogen-bond donors (Lipinski definition) is 0. The first kappa shape index (κ1) is 24.6. The van der Waals surface area contributed by atoms with Crippen LogP contribution in [0.1, 0.15) is 32.8 Å². The van der Waals surface area contributed by atoms with Crippen molar-refractivity contribution in [2.24, 2.45) is 0 Å². The van der Waals surface area contributed by atoms with Gasteiger partial charge in [0.05, 0.1) is 10.7 Å². The molecule has 180 valence electrons. The second-order valence-corrected chi connectivity index (χ2v) is 9.68. The van der Waals surface area contributed by atoms with E-state index < -0.39 is 0 Å². The molecule has 0 bridgehead atoms. The molecule has 2 aliphatic heterocycles. The lowest BCUT2D eigenvalue weighted by Gasteiger charge is -2.41. The molecular weight excluding hydrogens is 467 g/mol. The lowest BCUT2D eigenvalue weighted by atomic mass is 10.1. The minimum atomic E-state index is 0. The van der Waals surface area contributed by atoms with Crippen molar-refractivity contribution in [1.29, 1.82) is 0 Å². The minimum absolute atomic E-state index is 0. The Hall–Kier alpha value is -2.57. The highest BCUT2D eigenvalue weighted by Gasteiger charge is 2.28. The number of benzene rings is 1. The van der Waals surface area contributed by atoms with Gasteiger partial charge >= 0.3 is 0 Å². The van der Waals surface area contributed by atoms with Gasteiger partial charge in [0.1, 0.15) is 11.6 Å². The van der Waals surface area contributed by atoms with Gasteiger partial charge in [-0.1, -0.05) is 42.8 Å². The summed E-state index contributed by atoms with van der Waals surface area (Å²) in [5, 5.41) is 1.44. The number of nitrogens with zero attached hydrogens (tertiary/aromatic N) is 6. The first-order valence-corrected chi connectivity index (χ1v) is 12.3. The third-order valence-electron chi connectivity index (χ3n) is 6.52. The van der Waals surface area contributed by atoms with E-state index in [9.17, 15) is 0 Å². The summed E-state index contributed by atoms with van der Waals surface area (Å²) in [7, 11) is 0. The summed E-state index contributed by atoms with van der Waals surface area (Å²) >= 11 is 12.9. The Morgan fingerprint density at radius 2 is 1.71 bits per heavy atom. The molecule has 8 heteroatoms. The van der Waals surface area contributed by atoms with Gasteiger partial charge in [-0.3, -0.25) is 0 Å². The first-order chi connectivity index (χ1) is 16.0. The van der Waals surface area contributed by atoms with Crippen LogP contribution >= 0.6 is 23.2 Å². The number of halogens is 2. The zero-order chi connectivity index (χ0) is 22.9. The molecule has 2 saturated heterocycles. The zero-order valence-electron chi connectivity index (χ0n) is 19.0. The maximum absolute atomic E-state index is 6.44. The van der Waals surface area contributed by atoms with E-state index in [0.29, 0.717) is 5.02 Å². The van der Waals surface area contributed by atoms with Crippen molar-refractivity contribution in [2.75, 3.05) is 47.4 Å². The third-order valence-corrected chi connectivity index (χ3v) is 7.22. The molecular formula is C26H32Cl2N6. The summed E-state index contributed by atoms with van der Waals surface area (Å²) < 4.78 is 0. The fourth-order valence-corrected chi connectivity index (χ4v) is 5.05. The topological polar surface area (TPSA) is 48.4 Å². The minimum Gasteiger partial charge on any atom is -0.352 e. The molecule has 2 aromatic heterocycles. The summed E-state index contributed by atoms with van der Waals surface area (Å²) in [5.74, 6) is 2.61. The quantitative estimate of drug-likeness (QED) is 0.432. The molecule has 0 radical (unpaired) electrons. The molecule has 0 aliphatic carbocycles. The van der Waals surface area contributed by atoms with Crippen LogP contribution in [0.3, 0.4) is 0 Å². The van der Waals surface area contributed by atoms with E-state index in [4.69, 9.17) is 33.2 Å². The van der Waals surface area contributed by atoms with Crippen molar-refractivity contribution in [1.82, 2.24) is 15.0 Å². The van der Waals surface area contributed by atoms with E-state index in [1.807, 2.05) is 31.2 Å². The molecule has 2 fully saturated rings. The molecule has 4 heterocycles. The Kier molecular flexibility index (Phi) is 7.48.